The molecule has 1 atom stereocenters. The van der Waals surface area contributed by atoms with Gasteiger partial charge in [-0.15, -0.1) is 0 Å². The van der Waals surface area contributed by atoms with Crippen molar-refractivity contribution in [2.24, 2.45) is 0 Å². The number of ether oxygens (including phenoxy) is 1. The average Bonchev–Trinajstić information content (AvgIpc) is 3.53. The monoisotopic (exact) mass is 447 g/mol. The summed E-state index contributed by atoms with van der Waals surface area (Å²) in [6.45, 7) is 2.15. The molecule has 0 spiro atoms. The summed E-state index contributed by atoms with van der Waals surface area (Å²) in [7, 11) is 0. The third-order valence-corrected chi connectivity index (χ3v) is 6.37. The minimum absolute atomic E-state index is 0.127. The maximum atomic E-state index is 12.9. The Kier molecular flexibility index (Phi) is 5.68. The predicted octanol–water partition coefficient (Wildman–Crippen LogP) is 2.84. The summed E-state index contributed by atoms with van der Waals surface area (Å²) in [5.74, 6) is -0.959. The molecule has 8 nitrogen and oxygen atoms in total. The SMILES string of the molecule is O=C(Nc1cccc(CN2CCCC2=O)c1)c1ccc2c(c1)C(=O)N(CC1CCCO1)C2=O. The van der Waals surface area contributed by atoms with Crippen molar-refractivity contribution in [3.05, 3.63) is 64.7 Å². The second-order valence-electron chi connectivity index (χ2n) is 8.69. The molecule has 2 saturated heterocycles. The van der Waals surface area contributed by atoms with Crippen LogP contribution in [-0.2, 0) is 16.1 Å². The van der Waals surface area contributed by atoms with Crippen LogP contribution in [0.25, 0.3) is 0 Å². The molecule has 0 radical (unpaired) electrons. The summed E-state index contributed by atoms with van der Waals surface area (Å²) < 4.78 is 5.56. The van der Waals surface area contributed by atoms with E-state index in [4.69, 9.17) is 4.74 Å². The van der Waals surface area contributed by atoms with Gasteiger partial charge in [-0.3, -0.25) is 24.1 Å². The molecule has 8 heteroatoms. The van der Waals surface area contributed by atoms with Crippen LogP contribution in [0.2, 0.25) is 0 Å². The number of hydrogen-bond donors (Lipinski definition) is 1. The first-order chi connectivity index (χ1) is 16.0. The Balaban J connectivity index is 1.28. The summed E-state index contributed by atoms with van der Waals surface area (Å²) in [6, 6.07) is 11.9. The number of benzene rings is 2. The van der Waals surface area contributed by atoms with Crippen LogP contribution >= 0.6 is 0 Å². The van der Waals surface area contributed by atoms with E-state index in [2.05, 4.69) is 5.32 Å². The van der Waals surface area contributed by atoms with E-state index < -0.39 is 5.91 Å². The van der Waals surface area contributed by atoms with Crippen molar-refractivity contribution in [2.75, 3.05) is 25.0 Å². The second kappa shape index (κ2) is 8.78. The van der Waals surface area contributed by atoms with Crippen LogP contribution < -0.4 is 5.32 Å². The van der Waals surface area contributed by atoms with Crippen LogP contribution in [0.5, 0.6) is 0 Å². The summed E-state index contributed by atoms with van der Waals surface area (Å²) in [6.07, 6.45) is 3.08. The highest BCUT2D eigenvalue weighted by Gasteiger charge is 2.38. The third kappa shape index (κ3) is 4.26. The fourth-order valence-corrected chi connectivity index (χ4v) is 4.63. The number of nitrogens with one attached hydrogen (secondary N) is 1. The molecule has 0 saturated carbocycles. The lowest BCUT2D eigenvalue weighted by Gasteiger charge is -2.17. The van der Waals surface area contributed by atoms with Gasteiger partial charge in [0.2, 0.25) is 5.91 Å². The van der Waals surface area contributed by atoms with Gasteiger partial charge in [0.25, 0.3) is 17.7 Å². The van der Waals surface area contributed by atoms with E-state index in [0.29, 0.717) is 36.4 Å². The van der Waals surface area contributed by atoms with Gasteiger partial charge in [-0.1, -0.05) is 12.1 Å². The predicted molar refractivity (Wildman–Crippen MR) is 120 cm³/mol. The average molecular weight is 447 g/mol. The molecule has 1 unspecified atom stereocenters. The minimum Gasteiger partial charge on any atom is -0.376 e. The Labute approximate surface area is 191 Å². The summed E-state index contributed by atoms with van der Waals surface area (Å²) in [5, 5.41) is 2.85. The molecule has 5 rings (SSSR count). The van der Waals surface area contributed by atoms with E-state index in [1.54, 1.807) is 12.1 Å². The molecule has 170 valence electrons. The van der Waals surface area contributed by atoms with Gasteiger partial charge in [0.05, 0.1) is 23.8 Å². The molecule has 2 aromatic rings. The molecular formula is C25H25N3O5. The van der Waals surface area contributed by atoms with Gasteiger partial charge < -0.3 is 15.0 Å². The molecule has 3 heterocycles. The molecule has 3 aliphatic rings. The Morgan fingerprint density at radius 1 is 1.03 bits per heavy atom. The molecule has 2 aromatic carbocycles. The molecule has 3 aliphatic heterocycles. The van der Waals surface area contributed by atoms with Crippen molar-refractivity contribution >= 4 is 29.3 Å². The highest BCUT2D eigenvalue weighted by Crippen LogP contribution is 2.26. The zero-order valence-electron chi connectivity index (χ0n) is 18.2. The van der Waals surface area contributed by atoms with Gasteiger partial charge >= 0.3 is 0 Å². The molecular weight excluding hydrogens is 422 g/mol. The van der Waals surface area contributed by atoms with E-state index in [9.17, 15) is 19.2 Å². The van der Waals surface area contributed by atoms with E-state index in [1.165, 1.54) is 17.0 Å². The van der Waals surface area contributed by atoms with Crippen molar-refractivity contribution < 1.29 is 23.9 Å². The quantitative estimate of drug-likeness (QED) is 0.687. The topological polar surface area (TPSA) is 96.0 Å². The van der Waals surface area contributed by atoms with Crippen LogP contribution in [0.4, 0.5) is 5.69 Å². The number of likely N-dealkylation sites (tertiary alicyclic amines) is 1. The van der Waals surface area contributed by atoms with Gasteiger partial charge in [0.15, 0.2) is 0 Å². The molecule has 0 aromatic heterocycles. The standard InChI is InChI=1S/C25H25N3O5/c29-22-7-2-10-27(22)14-16-4-1-5-18(12-16)26-23(30)17-8-9-20-21(13-17)25(32)28(24(20)31)15-19-6-3-11-33-19/h1,4-5,8-9,12-13,19H,2-3,6-7,10-11,14-15H2,(H,26,30). The normalized spacial score (nSPS) is 20.0. The highest BCUT2D eigenvalue weighted by molar-refractivity contribution is 6.22. The Bertz CT molecular complexity index is 1140. The number of nitrogens with zero attached hydrogens (tertiary/aromatic N) is 2. The molecule has 0 aliphatic carbocycles. The first-order valence-electron chi connectivity index (χ1n) is 11.3. The van der Waals surface area contributed by atoms with Crippen LogP contribution in [0.1, 0.15) is 62.3 Å². The fourth-order valence-electron chi connectivity index (χ4n) is 4.63. The van der Waals surface area contributed by atoms with Crippen molar-refractivity contribution in [3.63, 3.8) is 0 Å². The zero-order chi connectivity index (χ0) is 22.9. The minimum atomic E-state index is -0.391. The van der Waals surface area contributed by atoms with E-state index >= 15 is 0 Å². The number of hydrogen-bond acceptors (Lipinski definition) is 5. The van der Waals surface area contributed by atoms with E-state index in [1.807, 2.05) is 23.1 Å². The Hall–Kier alpha value is -3.52. The first-order valence-corrected chi connectivity index (χ1v) is 11.3. The second-order valence-corrected chi connectivity index (χ2v) is 8.69. The van der Waals surface area contributed by atoms with Crippen molar-refractivity contribution in [2.45, 2.75) is 38.3 Å². The van der Waals surface area contributed by atoms with Crippen LogP contribution in [0.3, 0.4) is 0 Å². The van der Waals surface area contributed by atoms with Crippen molar-refractivity contribution in [1.82, 2.24) is 9.80 Å². The zero-order valence-corrected chi connectivity index (χ0v) is 18.2. The lowest BCUT2D eigenvalue weighted by atomic mass is 10.1. The highest BCUT2D eigenvalue weighted by atomic mass is 16.5. The number of carbonyl (C=O) groups excluding carboxylic acids is 4. The van der Waals surface area contributed by atoms with E-state index in [0.717, 1.165) is 31.4 Å². The Morgan fingerprint density at radius 3 is 2.64 bits per heavy atom. The van der Waals surface area contributed by atoms with Gasteiger partial charge in [-0.25, -0.2) is 0 Å². The van der Waals surface area contributed by atoms with E-state index in [-0.39, 0.29) is 35.9 Å². The molecule has 2 fully saturated rings. The lowest BCUT2D eigenvalue weighted by molar-refractivity contribution is -0.128. The van der Waals surface area contributed by atoms with Crippen LogP contribution in [-0.4, -0.2) is 59.2 Å². The van der Waals surface area contributed by atoms with Gasteiger partial charge in [0, 0.05) is 37.4 Å². The fraction of sp³-hybridized carbons (Fsp3) is 0.360. The number of amides is 4. The van der Waals surface area contributed by atoms with Crippen molar-refractivity contribution in [3.8, 4) is 0 Å². The molecule has 0 bridgehead atoms. The number of imide groups is 1. The number of rotatable bonds is 6. The first kappa shape index (κ1) is 21.3. The number of carbonyl (C=O) groups is 4. The van der Waals surface area contributed by atoms with Crippen LogP contribution in [0.15, 0.2) is 42.5 Å². The largest absolute Gasteiger partial charge is 0.376 e. The summed E-state index contributed by atoms with van der Waals surface area (Å²) >= 11 is 0. The van der Waals surface area contributed by atoms with Crippen molar-refractivity contribution in [1.29, 1.82) is 0 Å². The summed E-state index contributed by atoms with van der Waals surface area (Å²) in [4.78, 5) is 53.3. The molecule has 33 heavy (non-hydrogen) atoms. The lowest BCUT2D eigenvalue weighted by Crippen LogP contribution is -2.36. The molecule has 4 amide bonds. The molecule has 1 N–H and O–H groups in total. The van der Waals surface area contributed by atoms with Gasteiger partial charge in [0.1, 0.15) is 0 Å². The maximum Gasteiger partial charge on any atom is 0.261 e. The van der Waals surface area contributed by atoms with Crippen LogP contribution in [0, 0.1) is 0 Å². The van der Waals surface area contributed by atoms with Gasteiger partial charge in [-0.2, -0.15) is 0 Å². The number of anilines is 1. The number of fused-ring (bicyclic) bond motifs is 1. The Morgan fingerprint density at radius 2 is 1.88 bits per heavy atom. The third-order valence-electron chi connectivity index (χ3n) is 6.37. The summed E-state index contributed by atoms with van der Waals surface area (Å²) in [5.41, 5.74) is 2.39. The maximum absolute atomic E-state index is 12.9. The van der Waals surface area contributed by atoms with Gasteiger partial charge in [-0.05, 0) is 55.2 Å². The smallest absolute Gasteiger partial charge is 0.261 e.